The van der Waals surface area contributed by atoms with Crippen LogP contribution in [0.15, 0.2) is 109 Å². The van der Waals surface area contributed by atoms with E-state index in [4.69, 9.17) is 9.72 Å². The van der Waals surface area contributed by atoms with E-state index in [2.05, 4.69) is 32.2 Å². The van der Waals surface area contributed by atoms with Crippen molar-refractivity contribution in [3.63, 3.8) is 0 Å². The highest BCUT2D eigenvalue weighted by Gasteiger charge is 2.18. The lowest BCUT2D eigenvalue weighted by Crippen LogP contribution is -2.47. The van der Waals surface area contributed by atoms with Crippen molar-refractivity contribution in [3.05, 3.63) is 115 Å². The smallest absolute Gasteiger partial charge is 0.228 e. The second kappa shape index (κ2) is 12.6. The second-order valence-electron chi connectivity index (χ2n) is 10.2. The summed E-state index contributed by atoms with van der Waals surface area (Å²) in [5, 5.41) is 2.99. The molecular weight excluding hydrogens is 510 g/mol. The molecule has 1 amide bonds. The zero-order valence-electron chi connectivity index (χ0n) is 22.9. The quantitative estimate of drug-likeness (QED) is 0.258. The average molecular weight is 544 g/mol. The summed E-state index contributed by atoms with van der Waals surface area (Å²) in [6, 6.07) is 33.8. The molecule has 1 fully saturated rings. The monoisotopic (exact) mass is 543 g/mol. The largest absolute Gasteiger partial charge is 0.492 e. The fourth-order valence-corrected chi connectivity index (χ4v) is 5.08. The summed E-state index contributed by atoms with van der Waals surface area (Å²) in [6.45, 7) is 5.33. The minimum Gasteiger partial charge on any atom is -0.492 e. The van der Waals surface area contributed by atoms with Crippen LogP contribution in [0.1, 0.15) is 5.56 Å². The lowest BCUT2D eigenvalue weighted by Gasteiger charge is -2.35. The number of aromatic nitrogens is 2. The molecule has 7 heteroatoms. The molecule has 6 rings (SSSR count). The van der Waals surface area contributed by atoms with Crippen LogP contribution in [0.2, 0.25) is 0 Å². The highest BCUT2D eigenvalue weighted by atomic mass is 16.5. The van der Waals surface area contributed by atoms with Gasteiger partial charge in [-0.2, -0.15) is 0 Å². The number of fused-ring (bicyclic) bond motifs is 1. The summed E-state index contributed by atoms with van der Waals surface area (Å²) in [5.74, 6) is 1.80. The van der Waals surface area contributed by atoms with E-state index in [1.807, 2.05) is 97.2 Å². The highest BCUT2D eigenvalue weighted by molar-refractivity contribution is 5.92. The molecule has 2 heterocycles. The molecule has 206 valence electrons. The Kier molecular flexibility index (Phi) is 8.15. The van der Waals surface area contributed by atoms with Crippen molar-refractivity contribution in [1.29, 1.82) is 0 Å². The normalized spacial score (nSPS) is 13.7. The molecule has 1 aromatic heterocycles. The molecule has 0 radical (unpaired) electrons. The molecule has 1 saturated heterocycles. The van der Waals surface area contributed by atoms with E-state index in [1.165, 1.54) is 0 Å². The van der Waals surface area contributed by atoms with Crippen molar-refractivity contribution in [2.75, 3.05) is 49.5 Å². The molecule has 0 saturated carbocycles. The number of amides is 1. The lowest BCUT2D eigenvalue weighted by atomic mass is 10.0. The SMILES string of the molecule is O=C(Cc1ccccc1)Nc1ccc(-c2ccc3ncc(N4CCN(CCOc5ccccc5)CC4)nc3c2)cc1. The van der Waals surface area contributed by atoms with Crippen LogP contribution in [0.4, 0.5) is 11.5 Å². The summed E-state index contributed by atoms with van der Waals surface area (Å²) >= 11 is 0. The molecule has 0 atom stereocenters. The van der Waals surface area contributed by atoms with Crippen molar-refractivity contribution in [1.82, 2.24) is 14.9 Å². The fourth-order valence-electron chi connectivity index (χ4n) is 5.08. The molecule has 4 aromatic carbocycles. The van der Waals surface area contributed by atoms with Crippen LogP contribution in [0, 0.1) is 0 Å². The number of carbonyl (C=O) groups excluding carboxylic acids is 1. The van der Waals surface area contributed by atoms with Crippen LogP contribution in [0.25, 0.3) is 22.2 Å². The van der Waals surface area contributed by atoms with Gasteiger partial charge in [-0.3, -0.25) is 14.7 Å². The Bertz CT molecular complexity index is 1580. The van der Waals surface area contributed by atoms with Crippen LogP contribution < -0.4 is 15.0 Å². The molecule has 1 N–H and O–H groups in total. The molecule has 1 aliphatic heterocycles. The minimum absolute atomic E-state index is 0.0289. The van der Waals surface area contributed by atoms with Gasteiger partial charge < -0.3 is 15.0 Å². The van der Waals surface area contributed by atoms with Gasteiger partial charge in [-0.15, -0.1) is 0 Å². The Morgan fingerprint density at radius 1 is 0.780 bits per heavy atom. The van der Waals surface area contributed by atoms with Crippen LogP contribution in [-0.4, -0.2) is 60.1 Å². The van der Waals surface area contributed by atoms with Crippen LogP contribution in [-0.2, 0) is 11.2 Å². The van der Waals surface area contributed by atoms with Crippen molar-refractivity contribution < 1.29 is 9.53 Å². The molecule has 0 unspecified atom stereocenters. The Morgan fingerprint density at radius 3 is 2.24 bits per heavy atom. The maximum Gasteiger partial charge on any atom is 0.228 e. The number of carbonyl (C=O) groups is 1. The first-order valence-electron chi connectivity index (χ1n) is 14.1. The third-order valence-electron chi connectivity index (χ3n) is 7.35. The predicted molar refractivity (Wildman–Crippen MR) is 164 cm³/mol. The molecule has 5 aromatic rings. The van der Waals surface area contributed by atoms with Crippen molar-refractivity contribution in [2.24, 2.45) is 0 Å². The number of para-hydroxylation sites is 1. The number of nitrogens with one attached hydrogen (secondary N) is 1. The van der Waals surface area contributed by atoms with Crippen LogP contribution in [0.5, 0.6) is 5.75 Å². The first kappa shape index (κ1) is 26.5. The second-order valence-corrected chi connectivity index (χ2v) is 10.2. The number of hydrogen-bond acceptors (Lipinski definition) is 6. The number of benzene rings is 4. The first-order chi connectivity index (χ1) is 20.2. The van der Waals surface area contributed by atoms with Gasteiger partial charge in [0, 0.05) is 38.4 Å². The standard InChI is InChI=1S/C34H33N5O2/c40-34(23-26-7-3-1-4-8-26)36-29-14-11-27(12-15-29)28-13-16-31-32(24-28)37-33(25-35-31)39-19-17-38(18-20-39)21-22-41-30-9-5-2-6-10-30/h1-16,24-25H,17-23H2,(H,36,40). The topological polar surface area (TPSA) is 70.6 Å². The highest BCUT2D eigenvalue weighted by Crippen LogP contribution is 2.26. The molecule has 0 aliphatic carbocycles. The fraction of sp³-hybridized carbons (Fsp3) is 0.206. The number of nitrogens with zero attached hydrogens (tertiary/aromatic N) is 4. The van der Waals surface area contributed by atoms with Crippen LogP contribution >= 0.6 is 0 Å². The van der Waals surface area contributed by atoms with Gasteiger partial charge in [0.2, 0.25) is 5.91 Å². The molecule has 41 heavy (non-hydrogen) atoms. The predicted octanol–water partition coefficient (Wildman–Crippen LogP) is 5.68. The van der Waals surface area contributed by atoms with E-state index in [1.54, 1.807) is 0 Å². The Balaban J connectivity index is 1.05. The van der Waals surface area contributed by atoms with E-state index in [0.29, 0.717) is 13.0 Å². The van der Waals surface area contributed by atoms with Gasteiger partial charge in [0.1, 0.15) is 18.2 Å². The molecule has 0 spiro atoms. The number of ether oxygens (including phenoxy) is 1. The molecule has 7 nitrogen and oxygen atoms in total. The zero-order valence-corrected chi connectivity index (χ0v) is 22.9. The van der Waals surface area contributed by atoms with Gasteiger partial charge >= 0.3 is 0 Å². The van der Waals surface area contributed by atoms with Crippen molar-refractivity contribution >= 4 is 28.4 Å². The first-order valence-corrected chi connectivity index (χ1v) is 14.1. The minimum atomic E-state index is -0.0289. The summed E-state index contributed by atoms with van der Waals surface area (Å²) in [5.41, 5.74) is 5.65. The molecular formula is C34H33N5O2. The van der Waals surface area contributed by atoms with E-state index in [0.717, 1.165) is 77.7 Å². The van der Waals surface area contributed by atoms with Gasteiger partial charge in [0.15, 0.2) is 0 Å². The number of hydrogen-bond donors (Lipinski definition) is 1. The number of anilines is 2. The average Bonchev–Trinajstić information content (AvgIpc) is 3.02. The summed E-state index contributed by atoms with van der Waals surface area (Å²) in [7, 11) is 0. The van der Waals surface area contributed by atoms with Gasteiger partial charge in [0.25, 0.3) is 0 Å². The maximum atomic E-state index is 12.4. The lowest BCUT2D eigenvalue weighted by molar-refractivity contribution is -0.115. The number of piperazine rings is 1. The Morgan fingerprint density at radius 2 is 1.49 bits per heavy atom. The van der Waals surface area contributed by atoms with Crippen molar-refractivity contribution in [3.8, 4) is 16.9 Å². The molecule has 1 aliphatic rings. The van der Waals surface area contributed by atoms with Gasteiger partial charge in [-0.25, -0.2) is 4.98 Å². The summed E-state index contributed by atoms with van der Waals surface area (Å²) in [4.78, 5) is 26.8. The van der Waals surface area contributed by atoms with E-state index in [-0.39, 0.29) is 5.91 Å². The summed E-state index contributed by atoms with van der Waals surface area (Å²) < 4.78 is 5.87. The van der Waals surface area contributed by atoms with Crippen LogP contribution in [0.3, 0.4) is 0 Å². The summed E-state index contributed by atoms with van der Waals surface area (Å²) in [6.07, 6.45) is 2.23. The zero-order chi connectivity index (χ0) is 27.9. The third-order valence-corrected chi connectivity index (χ3v) is 7.35. The van der Waals surface area contributed by atoms with Gasteiger partial charge in [-0.1, -0.05) is 66.7 Å². The molecule has 0 bridgehead atoms. The maximum absolute atomic E-state index is 12.4. The van der Waals surface area contributed by atoms with E-state index < -0.39 is 0 Å². The Labute approximate surface area is 240 Å². The van der Waals surface area contributed by atoms with E-state index in [9.17, 15) is 4.79 Å². The van der Waals surface area contributed by atoms with Gasteiger partial charge in [0.05, 0.1) is 23.7 Å². The van der Waals surface area contributed by atoms with Crippen molar-refractivity contribution in [2.45, 2.75) is 6.42 Å². The Hall–Kier alpha value is -4.75. The van der Waals surface area contributed by atoms with Gasteiger partial charge in [-0.05, 0) is 53.1 Å². The van der Waals surface area contributed by atoms with E-state index >= 15 is 0 Å². The third kappa shape index (κ3) is 6.88. The number of rotatable bonds is 9.